The van der Waals surface area contributed by atoms with Gasteiger partial charge >= 0.3 is 12.1 Å². The van der Waals surface area contributed by atoms with Gasteiger partial charge in [0.05, 0.1) is 11.0 Å². The molecule has 14 heteroatoms. The molecule has 2 spiro atoms. The van der Waals surface area contributed by atoms with E-state index in [2.05, 4.69) is 0 Å². The number of carbonyl (C=O) groups excluding carboxylic acids is 5. The van der Waals surface area contributed by atoms with Crippen LogP contribution in [0.3, 0.4) is 0 Å². The SMILES string of the molecule is CC[C@H]1C[C@@H](CN2C(=O)N(C)C(=O)C23CC2(CCC(N4C(=O)C(=C(N)N)C(=O)N(CC5CCC5)C4=O)CC2)C3)CCS1(=O)=O. The fourth-order valence-corrected chi connectivity index (χ4v) is 10.9. The van der Waals surface area contributed by atoms with Crippen LogP contribution in [0.1, 0.15) is 84.0 Å². The summed E-state index contributed by atoms with van der Waals surface area (Å²) in [5, 5.41) is -0.420. The summed E-state index contributed by atoms with van der Waals surface area (Å²) < 4.78 is 24.9. The number of urea groups is 2. The average molecular weight is 633 g/mol. The van der Waals surface area contributed by atoms with Gasteiger partial charge in [0, 0.05) is 26.2 Å². The molecule has 0 unspecified atom stereocenters. The maximum Gasteiger partial charge on any atom is 0.334 e. The van der Waals surface area contributed by atoms with E-state index in [9.17, 15) is 32.4 Å². The average Bonchev–Trinajstić information content (AvgIpc) is 3.09. The van der Waals surface area contributed by atoms with Crippen LogP contribution in [0.25, 0.3) is 0 Å². The number of hydrogen-bond acceptors (Lipinski definition) is 9. The number of carbonyl (C=O) groups is 5. The van der Waals surface area contributed by atoms with Gasteiger partial charge in [-0.1, -0.05) is 13.3 Å². The summed E-state index contributed by atoms with van der Waals surface area (Å²) in [5.74, 6) is -1.77. The zero-order valence-electron chi connectivity index (χ0n) is 25.6. The lowest BCUT2D eigenvalue weighted by Gasteiger charge is -2.59. The number of sulfone groups is 1. The second-order valence-corrected chi connectivity index (χ2v) is 16.6. The van der Waals surface area contributed by atoms with E-state index in [0.717, 1.165) is 24.2 Å². The summed E-state index contributed by atoms with van der Waals surface area (Å²) in [7, 11) is -1.62. The predicted octanol–water partition coefficient (Wildman–Crippen LogP) is 1.67. The highest BCUT2D eigenvalue weighted by atomic mass is 32.2. The van der Waals surface area contributed by atoms with Crippen LogP contribution in [0, 0.1) is 17.3 Å². The standard InChI is InChI=1S/C30H44N6O7S/c1-3-21-13-19(9-12-44(21,42)43)15-35-27(40)33(2)26(39)30(35)16-29(17-30)10-7-20(8-11-29)36-25(38)22(23(31)32)24(37)34(28(36)41)14-18-5-4-6-18/h18-21H,3-17,31-32H2,1-2H3/t19-,20?,21-,29?,30?/m0/s1. The van der Waals surface area contributed by atoms with E-state index in [4.69, 9.17) is 11.5 Å². The highest BCUT2D eigenvalue weighted by Crippen LogP contribution is 2.61. The largest absolute Gasteiger partial charge is 0.385 e. The number of imide groups is 3. The number of likely N-dealkylation sites (N-methyl/N-ethyl adjacent to an activating group) is 1. The third kappa shape index (κ3) is 4.69. The summed E-state index contributed by atoms with van der Waals surface area (Å²) in [6.45, 7) is 2.47. The summed E-state index contributed by atoms with van der Waals surface area (Å²) in [5.41, 5.74) is 10.0. The van der Waals surface area contributed by atoms with E-state index in [-0.39, 0.29) is 47.1 Å². The van der Waals surface area contributed by atoms with Crippen LogP contribution in [-0.4, -0.2) is 101 Å². The molecule has 3 saturated heterocycles. The van der Waals surface area contributed by atoms with Crippen molar-refractivity contribution in [1.29, 1.82) is 0 Å². The molecule has 13 nitrogen and oxygen atoms in total. The van der Waals surface area contributed by atoms with Gasteiger partial charge < -0.3 is 16.4 Å². The van der Waals surface area contributed by atoms with Crippen molar-refractivity contribution >= 4 is 39.6 Å². The predicted molar refractivity (Wildman–Crippen MR) is 159 cm³/mol. The highest BCUT2D eigenvalue weighted by Gasteiger charge is 2.68. The lowest BCUT2D eigenvalue weighted by atomic mass is 9.51. The Bertz CT molecular complexity index is 1420. The lowest BCUT2D eigenvalue weighted by molar-refractivity contribution is -0.151. The van der Waals surface area contributed by atoms with Crippen molar-refractivity contribution in [2.24, 2.45) is 28.7 Å². The number of nitrogens with zero attached hydrogens (tertiary/aromatic N) is 4. The molecule has 0 aromatic rings. The minimum Gasteiger partial charge on any atom is -0.385 e. The second-order valence-electron chi connectivity index (χ2n) is 14.2. The zero-order chi connectivity index (χ0) is 31.8. The Morgan fingerprint density at radius 3 is 2.11 bits per heavy atom. The molecule has 44 heavy (non-hydrogen) atoms. The first-order valence-corrected chi connectivity index (χ1v) is 17.7. The second kappa shape index (κ2) is 10.7. The van der Waals surface area contributed by atoms with Gasteiger partial charge in [0.15, 0.2) is 9.84 Å². The van der Waals surface area contributed by atoms with Gasteiger partial charge in [0.2, 0.25) is 0 Å². The molecule has 3 saturated carbocycles. The molecule has 0 aromatic carbocycles. The minimum absolute atomic E-state index is 0.00911. The van der Waals surface area contributed by atoms with Crippen molar-refractivity contribution in [3.8, 4) is 0 Å². The van der Waals surface area contributed by atoms with Crippen molar-refractivity contribution in [3.05, 3.63) is 11.4 Å². The molecule has 4 N–H and O–H groups in total. The Hall–Kier alpha value is -3.16. The summed E-state index contributed by atoms with van der Waals surface area (Å²) >= 11 is 0. The molecule has 242 valence electrons. The minimum atomic E-state index is -3.13. The third-order valence-corrected chi connectivity index (χ3v) is 13.9. The van der Waals surface area contributed by atoms with Crippen molar-refractivity contribution in [2.75, 3.05) is 25.9 Å². The Morgan fingerprint density at radius 1 is 0.886 bits per heavy atom. The van der Waals surface area contributed by atoms with Crippen molar-refractivity contribution in [1.82, 2.24) is 19.6 Å². The van der Waals surface area contributed by atoms with Gasteiger partial charge in [-0.3, -0.25) is 29.1 Å². The van der Waals surface area contributed by atoms with Crippen molar-refractivity contribution in [3.63, 3.8) is 0 Å². The van der Waals surface area contributed by atoms with Gasteiger partial charge in [-0.05, 0) is 87.9 Å². The molecular formula is C30H44N6O7S. The molecule has 0 bridgehead atoms. The van der Waals surface area contributed by atoms with Crippen LogP contribution in [0.5, 0.6) is 0 Å². The molecule has 6 fully saturated rings. The van der Waals surface area contributed by atoms with Crippen molar-refractivity contribution in [2.45, 2.75) is 101 Å². The summed E-state index contributed by atoms with van der Waals surface area (Å²) in [6, 6.07) is -1.38. The molecule has 2 atom stereocenters. The monoisotopic (exact) mass is 632 g/mol. The van der Waals surface area contributed by atoms with Crippen LogP contribution in [0.15, 0.2) is 11.4 Å². The van der Waals surface area contributed by atoms with Crippen LogP contribution < -0.4 is 11.5 Å². The normalized spacial score (nSPS) is 30.4. The molecule has 3 aliphatic heterocycles. The van der Waals surface area contributed by atoms with Crippen molar-refractivity contribution < 1.29 is 32.4 Å². The van der Waals surface area contributed by atoms with E-state index in [1.165, 1.54) is 16.8 Å². The molecule has 3 heterocycles. The number of amides is 7. The number of rotatable bonds is 6. The Morgan fingerprint density at radius 2 is 1.55 bits per heavy atom. The van der Waals surface area contributed by atoms with Gasteiger partial charge in [-0.2, -0.15) is 0 Å². The molecule has 6 aliphatic rings. The molecule has 0 radical (unpaired) electrons. The summed E-state index contributed by atoms with van der Waals surface area (Å²) in [6.07, 6.45) is 7.71. The van der Waals surface area contributed by atoms with Gasteiger partial charge in [-0.15, -0.1) is 0 Å². The smallest absolute Gasteiger partial charge is 0.334 e. The number of nitrogens with two attached hydrogens (primary N) is 2. The first-order chi connectivity index (χ1) is 20.7. The summed E-state index contributed by atoms with van der Waals surface area (Å²) in [4.78, 5) is 72.0. The van der Waals surface area contributed by atoms with Gasteiger partial charge in [-0.25, -0.2) is 18.0 Å². The third-order valence-electron chi connectivity index (χ3n) is 11.5. The van der Waals surface area contributed by atoms with E-state index in [1.54, 1.807) is 4.90 Å². The van der Waals surface area contributed by atoms with Crippen LogP contribution in [-0.2, 0) is 24.2 Å². The van der Waals surface area contributed by atoms with Gasteiger partial charge in [0.25, 0.3) is 17.7 Å². The fraction of sp³-hybridized carbons (Fsp3) is 0.767. The van der Waals surface area contributed by atoms with Crippen LogP contribution in [0.2, 0.25) is 0 Å². The Labute approximate surface area is 258 Å². The van der Waals surface area contributed by atoms with Gasteiger partial charge in [0.1, 0.15) is 16.9 Å². The highest BCUT2D eigenvalue weighted by molar-refractivity contribution is 7.92. The molecule has 6 rings (SSSR count). The molecule has 3 aliphatic carbocycles. The van der Waals surface area contributed by atoms with E-state index in [0.29, 0.717) is 64.3 Å². The molecule has 0 aromatic heterocycles. The Kier molecular flexibility index (Phi) is 7.52. The maximum atomic E-state index is 13.5. The first kappa shape index (κ1) is 30.8. The topological polar surface area (TPSA) is 184 Å². The van der Waals surface area contributed by atoms with E-state index < -0.39 is 50.3 Å². The first-order valence-electron chi connectivity index (χ1n) is 16.0. The Balaban J connectivity index is 1.15. The zero-order valence-corrected chi connectivity index (χ0v) is 26.4. The maximum absolute atomic E-state index is 13.5. The quantitative estimate of drug-likeness (QED) is 0.250. The number of hydrogen-bond donors (Lipinski definition) is 2. The fourth-order valence-electron chi connectivity index (χ4n) is 8.78. The van der Waals surface area contributed by atoms with E-state index >= 15 is 0 Å². The van der Waals surface area contributed by atoms with E-state index in [1.807, 2.05) is 6.92 Å². The molecular weight excluding hydrogens is 588 g/mol. The lowest BCUT2D eigenvalue weighted by Crippen LogP contribution is -2.66. The molecule has 7 amide bonds. The van der Waals surface area contributed by atoms with Crippen LogP contribution in [0.4, 0.5) is 9.59 Å². The number of barbiturate groups is 1. The van der Waals surface area contributed by atoms with Crippen LogP contribution >= 0.6 is 0 Å².